The fourth-order valence-electron chi connectivity index (χ4n) is 1.94. The monoisotopic (exact) mass is 263 g/mol. The molecule has 1 rings (SSSR count). The standard InChI is InChI=1S/C14H22BNO3/c1-11(2)10-13(15(18)19)16-14(17)9-8-12-6-4-3-5-7-12/h3-7,11,13,18-19H,8-10H2,1-2H3,(H,16,17)/t13-/m0/s1. The van der Waals surface area contributed by atoms with E-state index in [0.717, 1.165) is 5.56 Å². The lowest BCUT2D eigenvalue weighted by atomic mass is 9.75. The molecule has 104 valence electrons. The SMILES string of the molecule is CC(C)C[C@H](NC(=O)CCc1ccccc1)B(O)O. The quantitative estimate of drug-likeness (QED) is 0.646. The molecule has 5 heteroatoms. The van der Waals surface area contributed by atoms with E-state index in [0.29, 0.717) is 25.2 Å². The molecule has 0 unspecified atom stereocenters. The average Bonchev–Trinajstić information content (AvgIpc) is 2.36. The van der Waals surface area contributed by atoms with Gasteiger partial charge in [0.2, 0.25) is 5.91 Å². The molecule has 0 aromatic heterocycles. The largest absolute Gasteiger partial charge is 0.475 e. The molecular weight excluding hydrogens is 241 g/mol. The summed E-state index contributed by atoms with van der Waals surface area (Å²) < 4.78 is 0. The number of hydrogen-bond acceptors (Lipinski definition) is 3. The molecule has 1 amide bonds. The van der Waals surface area contributed by atoms with Gasteiger partial charge in [0, 0.05) is 6.42 Å². The Labute approximate surface area is 115 Å². The maximum absolute atomic E-state index is 11.8. The van der Waals surface area contributed by atoms with Crippen molar-refractivity contribution in [2.24, 2.45) is 5.92 Å². The van der Waals surface area contributed by atoms with E-state index in [1.807, 2.05) is 44.2 Å². The molecule has 0 fully saturated rings. The van der Waals surface area contributed by atoms with Crippen molar-refractivity contribution in [2.45, 2.75) is 39.1 Å². The summed E-state index contributed by atoms with van der Waals surface area (Å²) in [6, 6.07) is 9.75. The Balaban J connectivity index is 2.40. The Morgan fingerprint density at radius 1 is 1.26 bits per heavy atom. The first-order valence-corrected chi connectivity index (χ1v) is 6.68. The van der Waals surface area contributed by atoms with Gasteiger partial charge >= 0.3 is 7.12 Å². The smallest absolute Gasteiger partial charge is 0.426 e. The van der Waals surface area contributed by atoms with Crippen LogP contribution in [0.25, 0.3) is 0 Å². The van der Waals surface area contributed by atoms with Gasteiger partial charge in [0.25, 0.3) is 0 Å². The van der Waals surface area contributed by atoms with Crippen molar-refractivity contribution in [1.82, 2.24) is 5.32 Å². The summed E-state index contributed by atoms with van der Waals surface area (Å²) in [5.74, 6) is -0.452. The maximum atomic E-state index is 11.8. The Morgan fingerprint density at radius 3 is 2.42 bits per heavy atom. The fourth-order valence-corrected chi connectivity index (χ4v) is 1.94. The van der Waals surface area contributed by atoms with Crippen molar-refractivity contribution in [2.75, 3.05) is 0 Å². The van der Waals surface area contributed by atoms with Gasteiger partial charge in [-0.15, -0.1) is 0 Å². The summed E-state index contributed by atoms with van der Waals surface area (Å²) in [7, 11) is -1.51. The topological polar surface area (TPSA) is 69.6 Å². The summed E-state index contributed by atoms with van der Waals surface area (Å²) in [4.78, 5) is 11.8. The van der Waals surface area contributed by atoms with Crippen molar-refractivity contribution in [3.05, 3.63) is 35.9 Å². The van der Waals surface area contributed by atoms with Crippen molar-refractivity contribution in [1.29, 1.82) is 0 Å². The van der Waals surface area contributed by atoms with Crippen LogP contribution < -0.4 is 5.32 Å². The summed E-state index contributed by atoms with van der Waals surface area (Å²) in [6.45, 7) is 3.96. The number of carbonyl (C=O) groups excluding carboxylic acids is 1. The molecule has 0 aliphatic carbocycles. The highest BCUT2D eigenvalue weighted by molar-refractivity contribution is 6.43. The normalized spacial score (nSPS) is 12.3. The molecule has 0 radical (unpaired) electrons. The van der Waals surface area contributed by atoms with Crippen LogP contribution in [0.4, 0.5) is 0 Å². The van der Waals surface area contributed by atoms with Gasteiger partial charge in [0.05, 0.1) is 5.94 Å². The molecule has 0 aliphatic heterocycles. The number of hydrogen-bond donors (Lipinski definition) is 3. The minimum absolute atomic E-state index is 0.150. The molecule has 19 heavy (non-hydrogen) atoms. The molecule has 4 nitrogen and oxygen atoms in total. The van der Waals surface area contributed by atoms with Gasteiger partial charge < -0.3 is 15.4 Å². The molecule has 0 saturated carbocycles. The highest BCUT2D eigenvalue weighted by Crippen LogP contribution is 2.07. The first kappa shape index (κ1) is 15.7. The van der Waals surface area contributed by atoms with Crippen molar-refractivity contribution in [3.63, 3.8) is 0 Å². The van der Waals surface area contributed by atoms with E-state index in [2.05, 4.69) is 5.32 Å². The third-order valence-electron chi connectivity index (χ3n) is 2.92. The van der Waals surface area contributed by atoms with Crippen LogP contribution in [-0.2, 0) is 11.2 Å². The molecule has 0 aliphatic rings. The third kappa shape index (κ3) is 6.41. The van der Waals surface area contributed by atoms with Gasteiger partial charge in [-0.1, -0.05) is 44.2 Å². The van der Waals surface area contributed by atoms with Gasteiger partial charge in [0.15, 0.2) is 0 Å². The molecule has 0 spiro atoms. The minimum Gasteiger partial charge on any atom is -0.426 e. The minimum atomic E-state index is -1.51. The van der Waals surface area contributed by atoms with Gasteiger partial charge in [-0.2, -0.15) is 0 Å². The number of aryl methyl sites for hydroxylation is 1. The zero-order valence-electron chi connectivity index (χ0n) is 11.5. The Bertz CT molecular complexity index is 382. The van der Waals surface area contributed by atoms with Crippen molar-refractivity contribution >= 4 is 13.0 Å². The van der Waals surface area contributed by atoms with Crippen LogP contribution in [0.15, 0.2) is 30.3 Å². The van der Waals surface area contributed by atoms with Gasteiger partial charge in [-0.05, 0) is 24.3 Å². The second kappa shape index (κ2) is 7.97. The van der Waals surface area contributed by atoms with Crippen molar-refractivity contribution < 1.29 is 14.8 Å². The maximum Gasteiger partial charge on any atom is 0.475 e. The Morgan fingerprint density at radius 2 is 1.89 bits per heavy atom. The molecule has 1 aromatic carbocycles. The highest BCUT2D eigenvalue weighted by atomic mass is 16.4. The first-order chi connectivity index (χ1) is 8.99. The van der Waals surface area contributed by atoms with E-state index < -0.39 is 13.1 Å². The first-order valence-electron chi connectivity index (χ1n) is 6.68. The van der Waals surface area contributed by atoms with Gasteiger partial charge in [0.1, 0.15) is 0 Å². The third-order valence-corrected chi connectivity index (χ3v) is 2.92. The molecule has 0 bridgehead atoms. The van der Waals surface area contributed by atoms with Crippen LogP contribution >= 0.6 is 0 Å². The molecule has 1 aromatic rings. The van der Waals surface area contributed by atoms with E-state index in [9.17, 15) is 14.8 Å². The number of nitrogens with one attached hydrogen (secondary N) is 1. The lowest BCUT2D eigenvalue weighted by Gasteiger charge is -2.19. The van der Waals surface area contributed by atoms with Gasteiger partial charge in [-0.25, -0.2) is 0 Å². The fraction of sp³-hybridized carbons (Fsp3) is 0.500. The molecule has 0 heterocycles. The lowest BCUT2D eigenvalue weighted by molar-refractivity contribution is -0.121. The van der Waals surface area contributed by atoms with Crippen LogP contribution in [0, 0.1) is 5.92 Å². The second-order valence-corrected chi connectivity index (χ2v) is 5.20. The molecule has 3 N–H and O–H groups in total. The van der Waals surface area contributed by atoms with Crippen LogP contribution in [0.2, 0.25) is 0 Å². The number of rotatable bonds is 7. The summed E-state index contributed by atoms with van der Waals surface area (Å²) >= 11 is 0. The predicted molar refractivity (Wildman–Crippen MR) is 76.3 cm³/mol. The summed E-state index contributed by atoms with van der Waals surface area (Å²) in [5, 5.41) is 21.2. The average molecular weight is 263 g/mol. The summed E-state index contributed by atoms with van der Waals surface area (Å²) in [5.41, 5.74) is 1.10. The zero-order valence-corrected chi connectivity index (χ0v) is 11.5. The number of amides is 1. The predicted octanol–water partition coefficient (Wildman–Crippen LogP) is 1.16. The van der Waals surface area contributed by atoms with Crippen molar-refractivity contribution in [3.8, 4) is 0 Å². The molecular formula is C14H22BNO3. The van der Waals surface area contributed by atoms with Gasteiger partial charge in [-0.3, -0.25) is 4.79 Å². The van der Waals surface area contributed by atoms with E-state index in [1.165, 1.54) is 0 Å². The molecule has 0 saturated heterocycles. The number of benzene rings is 1. The van der Waals surface area contributed by atoms with E-state index in [-0.39, 0.29) is 5.91 Å². The summed E-state index contributed by atoms with van der Waals surface area (Å²) in [6.07, 6.45) is 1.56. The Kier molecular flexibility index (Phi) is 6.60. The van der Waals surface area contributed by atoms with Crippen LogP contribution in [0.1, 0.15) is 32.3 Å². The second-order valence-electron chi connectivity index (χ2n) is 5.20. The van der Waals surface area contributed by atoms with Crippen LogP contribution in [0.5, 0.6) is 0 Å². The number of carbonyl (C=O) groups is 1. The zero-order chi connectivity index (χ0) is 14.3. The highest BCUT2D eigenvalue weighted by Gasteiger charge is 2.25. The Hall–Kier alpha value is -1.33. The molecule has 1 atom stereocenters. The van der Waals surface area contributed by atoms with E-state index >= 15 is 0 Å². The lowest BCUT2D eigenvalue weighted by Crippen LogP contribution is -2.47. The van der Waals surface area contributed by atoms with E-state index in [4.69, 9.17) is 0 Å². The van der Waals surface area contributed by atoms with Crippen LogP contribution in [-0.4, -0.2) is 29.0 Å². The van der Waals surface area contributed by atoms with E-state index in [1.54, 1.807) is 0 Å². The van der Waals surface area contributed by atoms with Crippen LogP contribution in [0.3, 0.4) is 0 Å².